The lowest BCUT2D eigenvalue weighted by Crippen LogP contribution is -2.27. The molecule has 0 saturated heterocycles. The molecule has 2 N–H and O–H groups in total. The Morgan fingerprint density at radius 1 is 1.36 bits per heavy atom. The summed E-state index contributed by atoms with van der Waals surface area (Å²) < 4.78 is 5.30. The summed E-state index contributed by atoms with van der Waals surface area (Å²) in [5.41, 5.74) is 0.170. The normalized spacial score (nSPS) is 12.8. The highest BCUT2D eigenvalue weighted by Crippen LogP contribution is 2.13. The van der Waals surface area contributed by atoms with Gasteiger partial charge < -0.3 is 9.72 Å². The Labute approximate surface area is 81.1 Å². The summed E-state index contributed by atoms with van der Waals surface area (Å²) in [6.45, 7) is 5.84. The predicted molar refractivity (Wildman–Crippen MR) is 52.5 cm³/mol. The van der Waals surface area contributed by atoms with Crippen molar-refractivity contribution in [2.75, 3.05) is 6.61 Å². The van der Waals surface area contributed by atoms with Gasteiger partial charge in [0, 0.05) is 12.2 Å². The molecule has 1 heterocycles. The second-order valence-electron chi connectivity index (χ2n) is 3.04. The van der Waals surface area contributed by atoms with Gasteiger partial charge in [-0.1, -0.05) is 0 Å². The molecule has 14 heavy (non-hydrogen) atoms. The number of nitrogens with one attached hydrogen (secondary N) is 2. The zero-order chi connectivity index (χ0) is 10.7. The molecule has 0 aliphatic heterocycles. The average molecular weight is 198 g/mol. The van der Waals surface area contributed by atoms with Gasteiger partial charge in [-0.3, -0.25) is 9.78 Å². The lowest BCUT2D eigenvalue weighted by Gasteiger charge is -2.12. The Morgan fingerprint density at radius 2 is 2.00 bits per heavy atom. The van der Waals surface area contributed by atoms with E-state index < -0.39 is 5.69 Å². The van der Waals surface area contributed by atoms with Gasteiger partial charge in [0.05, 0.1) is 11.8 Å². The number of hydrogen-bond acceptors (Lipinski definition) is 3. The molecular formula is C9H14N2O3. The molecule has 1 atom stereocenters. The van der Waals surface area contributed by atoms with Gasteiger partial charge in [0.15, 0.2) is 0 Å². The molecule has 5 heteroatoms. The molecule has 0 amide bonds. The van der Waals surface area contributed by atoms with Gasteiger partial charge in [-0.2, -0.15) is 0 Å². The fraction of sp³-hybridized carbons (Fsp3) is 0.556. The van der Waals surface area contributed by atoms with E-state index in [1.165, 1.54) is 0 Å². The molecule has 78 valence electrons. The third kappa shape index (κ3) is 2.11. The summed E-state index contributed by atoms with van der Waals surface area (Å²) in [5, 5.41) is 0. The maximum atomic E-state index is 11.2. The molecule has 5 nitrogen and oxygen atoms in total. The Hall–Kier alpha value is -1.36. The molecule has 1 rings (SSSR count). The van der Waals surface area contributed by atoms with Gasteiger partial charge in [0.2, 0.25) is 0 Å². The van der Waals surface area contributed by atoms with Crippen molar-refractivity contribution in [2.45, 2.75) is 26.9 Å². The highest BCUT2D eigenvalue weighted by atomic mass is 16.5. The maximum absolute atomic E-state index is 11.2. The fourth-order valence-electron chi connectivity index (χ4n) is 1.31. The van der Waals surface area contributed by atoms with Gasteiger partial charge in [-0.05, 0) is 20.8 Å². The van der Waals surface area contributed by atoms with E-state index in [1.54, 1.807) is 13.8 Å². The molecule has 0 spiro atoms. The Balaban J connectivity index is 3.20. The van der Waals surface area contributed by atoms with E-state index in [-0.39, 0.29) is 11.7 Å². The van der Waals surface area contributed by atoms with Crippen molar-refractivity contribution in [1.82, 2.24) is 9.97 Å². The van der Waals surface area contributed by atoms with Crippen molar-refractivity contribution in [3.8, 4) is 0 Å². The van der Waals surface area contributed by atoms with Crippen molar-refractivity contribution in [3.63, 3.8) is 0 Å². The molecule has 1 aromatic rings. The van der Waals surface area contributed by atoms with Crippen LogP contribution >= 0.6 is 0 Å². The van der Waals surface area contributed by atoms with Crippen LogP contribution in [-0.4, -0.2) is 16.6 Å². The summed E-state index contributed by atoms with van der Waals surface area (Å²) in [6, 6.07) is 0. The first-order chi connectivity index (χ1) is 6.56. The quantitative estimate of drug-likeness (QED) is 0.741. The van der Waals surface area contributed by atoms with Gasteiger partial charge in [0.25, 0.3) is 5.56 Å². The number of aromatic amines is 2. The van der Waals surface area contributed by atoms with Crippen molar-refractivity contribution in [3.05, 3.63) is 32.1 Å². The Kier molecular flexibility index (Phi) is 3.24. The second-order valence-corrected chi connectivity index (χ2v) is 3.04. The average Bonchev–Trinajstić information content (AvgIpc) is 2.11. The van der Waals surface area contributed by atoms with Crippen LogP contribution in [0.3, 0.4) is 0 Å². The van der Waals surface area contributed by atoms with Crippen molar-refractivity contribution in [1.29, 1.82) is 0 Å². The van der Waals surface area contributed by atoms with E-state index in [9.17, 15) is 9.59 Å². The topological polar surface area (TPSA) is 75.0 Å². The lowest BCUT2D eigenvalue weighted by molar-refractivity contribution is 0.0725. The number of rotatable bonds is 3. The van der Waals surface area contributed by atoms with E-state index in [0.717, 1.165) is 0 Å². The van der Waals surface area contributed by atoms with Crippen LogP contribution in [0.1, 0.15) is 31.2 Å². The minimum Gasteiger partial charge on any atom is -0.373 e. The third-order valence-electron chi connectivity index (χ3n) is 2.04. The van der Waals surface area contributed by atoms with Gasteiger partial charge in [0.1, 0.15) is 0 Å². The lowest BCUT2D eigenvalue weighted by atomic mass is 10.2. The standard InChI is InChI=1S/C9H14N2O3/c1-4-14-6(3)7-5(2)8(12)11-9(13)10-7/h6H,4H2,1-3H3,(H2,10,11,12,13). The molecule has 0 aliphatic rings. The van der Waals surface area contributed by atoms with Gasteiger partial charge >= 0.3 is 5.69 Å². The summed E-state index contributed by atoms with van der Waals surface area (Å²) >= 11 is 0. The smallest absolute Gasteiger partial charge is 0.325 e. The number of ether oxygens (including phenoxy) is 1. The summed E-state index contributed by atoms with van der Waals surface area (Å²) in [7, 11) is 0. The first-order valence-corrected chi connectivity index (χ1v) is 4.51. The van der Waals surface area contributed by atoms with Crippen LogP contribution in [0, 0.1) is 6.92 Å². The van der Waals surface area contributed by atoms with E-state index in [2.05, 4.69) is 9.97 Å². The van der Waals surface area contributed by atoms with Crippen LogP contribution in [0.5, 0.6) is 0 Å². The van der Waals surface area contributed by atoms with E-state index >= 15 is 0 Å². The van der Waals surface area contributed by atoms with Gasteiger partial charge in [-0.15, -0.1) is 0 Å². The monoisotopic (exact) mass is 198 g/mol. The highest BCUT2D eigenvalue weighted by Gasteiger charge is 2.11. The van der Waals surface area contributed by atoms with Crippen molar-refractivity contribution >= 4 is 0 Å². The Morgan fingerprint density at radius 3 is 2.57 bits per heavy atom. The van der Waals surface area contributed by atoms with Gasteiger partial charge in [-0.25, -0.2) is 4.79 Å². The van der Waals surface area contributed by atoms with E-state index in [0.29, 0.717) is 17.9 Å². The molecular weight excluding hydrogens is 184 g/mol. The van der Waals surface area contributed by atoms with Crippen LogP contribution in [0.2, 0.25) is 0 Å². The maximum Gasteiger partial charge on any atom is 0.325 e. The molecule has 1 unspecified atom stereocenters. The Bertz CT molecular complexity index is 419. The zero-order valence-electron chi connectivity index (χ0n) is 8.51. The largest absolute Gasteiger partial charge is 0.373 e. The van der Waals surface area contributed by atoms with Crippen LogP contribution in [0.25, 0.3) is 0 Å². The third-order valence-corrected chi connectivity index (χ3v) is 2.04. The van der Waals surface area contributed by atoms with Crippen LogP contribution in [-0.2, 0) is 4.74 Å². The first kappa shape index (κ1) is 10.7. The molecule has 0 saturated carbocycles. The predicted octanol–water partition coefficient (Wildman–Crippen LogP) is 0.469. The van der Waals surface area contributed by atoms with Crippen LogP contribution in [0.15, 0.2) is 9.59 Å². The zero-order valence-corrected chi connectivity index (χ0v) is 8.51. The summed E-state index contributed by atoms with van der Waals surface area (Å²) in [6.07, 6.45) is -0.269. The summed E-state index contributed by atoms with van der Waals surface area (Å²) in [5.74, 6) is 0. The van der Waals surface area contributed by atoms with E-state index in [4.69, 9.17) is 4.74 Å². The molecule has 0 bridgehead atoms. The highest BCUT2D eigenvalue weighted by molar-refractivity contribution is 5.15. The first-order valence-electron chi connectivity index (χ1n) is 4.51. The fourth-order valence-corrected chi connectivity index (χ4v) is 1.31. The van der Waals surface area contributed by atoms with Crippen molar-refractivity contribution in [2.24, 2.45) is 0 Å². The molecule has 0 aromatic carbocycles. The molecule has 0 radical (unpaired) electrons. The molecule has 0 aliphatic carbocycles. The second kappa shape index (κ2) is 4.23. The SMILES string of the molecule is CCOC(C)c1[nH]c(=O)[nH]c(=O)c1C. The van der Waals surface area contributed by atoms with E-state index in [1.807, 2.05) is 6.92 Å². The minimum absolute atomic E-state index is 0.269. The number of H-pyrrole nitrogens is 2. The van der Waals surface area contributed by atoms with Crippen LogP contribution in [0.4, 0.5) is 0 Å². The molecule has 1 aromatic heterocycles. The minimum atomic E-state index is -0.498. The molecule has 0 fully saturated rings. The number of hydrogen-bond donors (Lipinski definition) is 2. The number of aromatic nitrogens is 2. The van der Waals surface area contributed by atoms with Crippen LogP contribution < -0.4 is 11.2 Å². The summed E-state index contributed by atoms with van der Waals surface area (Å²) in [4.78, 5) is 27.0. The van der Waals surface area contributed by atoms with Crippen molar-refractivity contribution < 1.29 is 4.74 Å².